The van der Waals surface area contributed by atoms with E-state index in [0.717, 1.165) is 16.2 Å². The molecule has 0 bridgehead atoms. The van der Waals surface area contributed by atoms with Crippen LogP contribution in [0.4, 0.5) is 0 Å². The van der Waals surface area contributed by atoms with Gasteiger partial charge in [0.1, 0.15) is 27.5 Å². The van der Waals surface area contributed by atoms with Crippen LogP contribution < -0.4 is 10.9 Å². The van der Waals surface area contributed by atoms with Crippen molar-refractivity contribution in [2.75, 3.05) is 12.0 Å². The second kappa shape index (κ2) is 7.75. The Hall–Kier alpha value is -3.46. The van der Waals surface area contributed by atoms with Crippen LogP contribution in [-0.4, -0.2) is 35.9 Å². The molecule has 9 heteroatoms. The van der Waals surface area contributed by atoms with Crippen molar-refractivity contribution < 1.29 is 17.6 Å². The number of nitrogens with zero attached hydrogens (tertiary/aromatic N) is 2. The molecule has 2 heterocycles. The Morgan fingerprint density at radius 1 is 1.13 bits per heavy atom. The molecule has 0 aliphatic rings. The van der Waals surface area contributed by atoms with Gasteiger partial charge in [0.15, 0.2) is 0 Å². The Morgan fingerprint density at radius 3 is 2.57 bits per heavy atom. The first-order valence-corrected chi connectivity index (χ1v) is 11.3. The van der Waals surface area contributed by atoms with Gasteiger partial charge in [-0.05, 0) is 17.7 Å². The highest BCUT2D eigenvalue weighted by Crippen LogP contribution is 2.24. The summed E-state index contributed by atoms with van der Waals surface area (Å²) < 4.78 is 30.4. The fourth-order valence-corrected chi connectivity index (χ4v) is 4.21. The average molecular weight is 425 g/mol. The van der Waals surface area contributed by atoms with E-state index in [0.29, 0.717) is 16.7 Å². The number of benzene rings is 2. The first kappa shape index (κ1) is 19.8. The predicted octanol–water partition coefficient (Wildman–Crippen LogP) is 2.04. The minimum atomic E-state index is -3.35. The second-order valence-electron chi connectivity index (χ2n) is 7.08. The Morgan fingerprint density at radius 2 is 1.83 bits per heavy atom. The van der Waals surface area contributed by atoms with Crippen LogP contribution in [0, 0.1) is 0 Å². The van der Waals surface area contributed by atoms with Crippen LogP contribution in [0.2, 0.25) is 0 Å². The summed E-state index contributed by atoms with van der Waals surface area (Å²) in [6.07, 6.45) is 2.40. The number of para-hydroxylation sites is 1. The summed E-state index contributed by atoms with van der Waals surface area (Å²) in [6.45, 7) is -0.314. The van der Waals surface area contributed by atoms with Crippen molar-refractivity contribution in [3.63, 3.8) is 0 Å². The Bertz CT molecular complexity index is 1390. The zero-order chi connectivity index (χ0) is 21.3. The molecule has 0 aliphatic heterocycles. The Kier molecular flexibility index (Phi) is 5.13. The van der Waals surface area contributed by atoms with E-state index < -0.39 is 27.3 Å². The highest BCUT2D eigenvalue weighted by Gasteiger charge is 2.21. The van der Waals surface area contributed by atoms with E-state index in [2.05, 4.69) is 10.3 Å². The number of hydrogen-bond donors (Lipinski definition) is 1. The number of aromatic nitrogens is 2. The maximum Gasteiger partial charge on any atom is 0.297 e. The summed E-state index contributed by atoms with van der Waals surface area (Å²) in [7, 11) is -3.35. The molecule has 8 nitrogen and oxygen atoms in total. The molecule has 0 saturated carbocycles. The maximum absolute atomic E-state index is 12.8. The standard InChI is InChI=1S/C21H19N3O5S/c1-30(27,28)12-16(14-7-3-2-4-8-14)23-18(25)11-24-13-22-19-15-9-5-6-10-17(15)29-20(19)21(24)26/h2-10,13,16H,11-12H2,1H3,(H,23,25). The fraction of sp³-hybridized carbons (Fsp3) is 0.190. The van der Waals surface area contributed by atoms with E-state index in [1.54, 1.807) is 48.5 Å². The highest BCUT2D eigenvalue weighted by atomic mass is 32.2. The summed E-state index contributed by atoms with van der Waals surface area (Å²) in [4.78, 5) is 29.7. The van der Waals surface area contributed by atoms with Gasteiger partial charge in [0.25, 0.3) is 5.56 Å². The van der Waals surface area contributed by atoms with Gasteiger partial charge >= 0.3 is 0 Å². The van der Waals surface area contributed by atoms with Crippen LogP contribution in [0.25, 0.3) is 22.1 Å². The summed E-state index contributed by atoms with van der Waals surface area (Å²) in [6, 6.07) is 15.2. The molecule has 1 atom stereocenters. The van der Waals surface area contributed by atoms with Gasteiger partial charge in [0.05, 0.1) is 18.1 Å². The molecule has 1 amide bonds. The molecular weight excluding hydrogens is 406 g/mol. The summed E-state index contributed by atoms with van der Waals surface area (Å²) in [5, 5.41) is 3.42. The lowest BCUT2D eigenvalue weighted by Crippen LogP contribution is -2.37. The molecule has 30 heavy (non-hydrogen) atoms. The molecule has 4 rings (SSSR count). The van der Waals surface area contributed by atoms with Crippen LogP contribution in [0.3, 0.4) is 0 Å². The minimum absolute atomic E-state index is 0.0715. The van der Waals surface area contributed by atoms with Gasteiger partial charge in [-0.25, -0.2) is 13.4 Å². The molecule has 0 saturated heterocycles. The van der Waals surface area contributed by atoms with Gasteiger partial charge in [-0.3, -0.25) is 14.2 Å². The van der Waals surface area contributed by atoms with Crippen LogP contribution >= 0.6 is 0 Å². The predicted molar refractivity (Wildman–Crippen MR) is 113 cm³/mol. The van der Waals surface area contributed by atoms with Crippen molar-refractivity contribution in [3.05, 3.63) is 76.8 Å². The van der Waals surface area contributed by atoms with E-state index >= 15 is 0 Å². The highest BCUT2D eigenvalue weighted by molar-refractivity contribution is 7.90. The van der Waals surface area contributed by atoms with E-state index in [9.17, 15) is 18.0 Å². The molecule has 1 unspecified atom stereocenters. The Balaban J connectivity index is 1.61. The number of hydrogen-bond acceptors (Lipinski definition) is 6. The lowest BCUT2D eigenvalue weighted by atomic mass is 10.1. The third-order valence-corrected chi connectivity index (χ3v) is 5.61. The number of furan rings is 1. The monoisotopic (exact) mass is 425 g/mol. The van der Waals surface area contributed by atoms with Crippen molar-refractivity contribution in [1.82, 2.24) is 14.9 Å². The smallest absolute Gasteiger partial charge is 0.297 e. The molecule has 0 aliphatic carbocycles. The third-order valence-electron chi connectivity index (χ3n) is 4.67. The van der Waals surface area contributed by atoms with Crippen molar-refractivity contribution >= 4 is 37.8 Å². The maximum atomic E-state index is 12.8. The van der Waals surface area contributed by atoms with E-state index in [1.165, 1.54) is 6.33 Å². The molecule has 2 aromatic carbocycles. The van der Waals surface area contributed by atoms with Crippen molar-refractivity contribution in [3.8, 4) is 0 Å². The SMILES string of the molecule is CS(=O)(=O)CC(NC(=O)Cn1cnc2c(oc3ccccc32)c1=O)c1ccccc1. The number of nitrogens with one attached hydrogen (secondary N) is 1. The lowest BCUT2D eigenvalue weighted by Gasteiger charge is -2.18. The van der Waals surface area contributed by atoms with Crippen molar-refractivity contribution in [1.29, 1.82) is 0 Å². The van der Waals surface area contributed by atoms with Crippen LogP contribution in [0.5, 0.6) is 0 Å². The molecule has 154 valence electrons. The number of carbonyl (C=O) groups is 1. The third kappa shape index (κ3) is 4.11. The number of amides is 1. The molecule has 0 fully saturated rings. The minimum Gasteiger partial charge on any atom is -0.448 e. The second-order valence-corrected chi connectivity index (χ2v) is 9.26. The van der Waals surface area contributed by atoms with Gasteiger partial charge in [0, 0.05) is 11.6 Å². The van der Waals surface area contributed by atoms with Crippen LogP contribution in [0.1, 0.15) is 11.6 Å². The van der Waals surface area contributed by atoms with Crippen molar-refractivity contribution in [2.24, 2.45) is 0 Å². The number of fused-ring (bicyclic) bond motifs is 3. The summed E-state index contributed by atoms with van der Waals surface area (Å²) >= 11 is 0. The molecule has 4 aromatic rings. The number of rotatable bonds is 6. The van der Waals surface area contributed by atoms with Gasteiger partial charge in [-0.1, -0.05) is 42.5 Å². The normalized spacial score (nSPS) is 12.8. The quantitative estimate of drug-likeness (QED) is 0.506. The fourth-order valence-electron chi connectivity index (χ4n) is 3.33. The van der Waals surface area contributed by atoms with Crippen LogP contribution in [0.15, 0.2) is 70.1 Å². The van der Waals surface area contributed by atoms with E-state index in [-0.39, 0.29) is 17.9 Å². The average Bonchev–Trinajstić information content (AvgIpc) is 3.09. The Labute approximate surface area is 172 Å². The topological polar surface area (TPSA) is 111 Å². The van der Waals surface area contributed by atoms with Gasteiger partial charge in [0.2, 0.25) is 11.5 Å². The summed E-state index contributed by atoms with van der Waals surface area (Å²) in [5.41, 5.74) is 1.23. The van der Waals surface area contributed by atoms with Gasteiger partial charge < -0.3 is 9.73 Å². The van der Waals surface area contributed by atoms with Gasteiger partial charge in [-0.15, -0.1) is 0 Å². The van der Waals surface area contributed by atoms with Gasteiger partial charge in [-0.2, -0.15) is 0 Å². The molecule has 1 N–H and O–H groups in total. The first-order valence-electron chi connectivity index (χ1n) is 9.20. The van der Waals surface area contributed by atoms with Crippen molar-refractivity contribution in [2.45, 2.75) is 12.6 Å². The molecule has 2 aromatic heterocycles. The van der Waals surface area contributed by atoms with Crippen LogP contribution in [-0.2, 0) is 21.2 Å². The van der Waals surface area contributed by atoms with E-state index in [4.69, 9.17) is 4.42 Å². The summed E-state index contributed by atoms with van der Waals surface area (Å²) in [5.74, 6) is -0.759. The molecular formula is C21H19N3O5S. The zero-order valence-electron chi connectivity index (χ0n) is 16.1. The number of carbonyl (C=O) groups excluding carboxylic acids is 1. The largest absolute Gasteiger partial charge is 0.448 e. The molecule has 0 spiro atoms. The van der Waals surface area contributed by atoms with E-state index in [1.807, 2.05) is 6.07 Å². The zero-order valence-corrected chi connectivity index (χ0v) is 16.9. The number of sulfone groups is 1. The first-order chi connectivity index (χ1) is 14.3. The molecule has 0 radical (unpaired) electrons. The lowest BCUT2D eigenvalue weighted by molar-refractivity contribution is -0.122.